The van der Waals surface area contributed by atoms with Gasteiger partial charge in [0.2, 0.25) is 5.91 Å². The molecule has 4 N–H and O–H groups in total. The molecule has 174 valence electrons. The molecule has 1 saturated heterocycles. The molecule has 0 saturated carbocycles. The van der Waals surface area contributed by atoms with E-state index in [1.807, 2.05) is 25.1 Å². The summed E-state index contributed by atoms with van der Waals surface area (Å²) in [6, 6.07) is 13.4. The third kappa shape index (κ3) is 6.98. The molecule has 9 heteroatoms. The van der Waals surface area contributed by atoms with Crippen molar-refractivity contribution in [3.8, 4) is 5.75 Å². The van der Waals surface area contributed by atoms with Gasteiger partial charge in [0.15, 0.2) is 5.96 Å². The number of phenolic OH excluding ortho intramolecular Hbond substituents is 1. The average Bonchev–Trinajstić information content (AvgIpc) is 2.77. The Morgan fingerprint density at radius 3 is 2.41 bits per heavy atom. The maximum atomic E-state index is 13.1. The van der Waals surface area contributed by atoms with E-state index in [0.29, 0.717) is 13.0 Å². The van der Waals surface area contributed by atoms with Gasteiger partial charge in [0.25, 0.3) is 0 Å². The summed E-state index contributed by atoms with van der Waals surface area (Å²) in [5.74, 6) is -0.184. The zero-order valence-corrected chi connectivity index (χ0v) is 20.5. The lowest BCUT2D eigenvalue weighted by atomic mass is 9.99. The Balaban J connectivity index is 0.00000363. The molecule has 0 radical (unpaired) electrons. The molecular weight excluding hydrogens is 524 g/mol. The molecule has 0 aliphatic carbocycles. The third-order valence-electron chi connectivity index (χ3n) is 5.40. The van der Waals surface area contributed by atoms with Crippen LogP contribution in [-0.4, -0.2) is 61.1 Å². The van der Waals surface area contributed by atoms with Gasteiger partial charge in [-0.2, -0.15) is 0 Å². The average molecular weight is 555 g/mol. The summed E-state index contributed by atoms with van der Waals surface area (Å²) in [7, 11) is 0. The van der Waals surface area contributed by atoms with E-state index in [9.17, 15) is 14.3 Å². The predicted octanol–water partition coefficient (Wildman–Crippen LogP) is 2.58. The van der Waals surface area contributed by atoms with Crippen molar-refractivity contribution >= 4 is 41.5 Å². The standard InChI is InChI=1S/C23H30FN5O2.HI/c1-2-26-23(27-16-18(22(25)31)15-17-7-9-19(24)10-8-17)29-13-11-28(12-14-29)20-5-3-4-6-21(20)30;/h3-10,18,30H,2,11-16H2,1H3,(H2,25,31)(H,26,27);1H. The van der Waals surface area contributed by atoms with E-state index in [0.717, 1.165) is 43.4 Å². The Bertz CT molecular complexity index is 902. The first kappa shape index (κ1) is 25.7. The van der Waals surface area contributed by atoms with E-state index >= 15 is 0 Å². The second-order valence-electron chi connectivity index (χ2n) is 7.59. The SMILES string of the molecule is CCNC(=NCC(Cc1ccc(F)cc1)C(N)=O)N1CCN(c2ccccc2O)CC1.I. The van der Waals surface area contributed by atoms with Gasteiger partial charge < -0.3 is 26.0 Å². The molecule has 0 spiro atoms. The lowest BCUT2D eigenvalue weighted by Crippen LogP contribution is -2.52. The maximum absolute atomic E-state index is 13.1. The number of aromatic hydroxyl groups is 1. The fourth-order valence-electron chi connectivity index (χ4n) is 3.67. The molecule has 3 rings (SSSR count). The number of nitrogens with zero attached hydrogens (tertiary/aromatic N) is 3. The number of hydrogen-bond donors (Lipinski definition) is 3. The van der Waals surface area contributed by atoms with E-state index in [1.54, 1.807) is 18.2 Å². The van der Waals surface area contributed by atoms with E-state index in [1.165, 1.54) is 12.1 Å². The Morgan fingerprint density at radius 2 is 1.81 bits per heavy atom. The van der Waals surface area contributed by atoms with Crippen LogP contribution in [0.3, 0.4) is 0 Å². The molecule has 7 nitrogen and oxygen atoms in total. The number of primary amides is 1. The van der Waals surface area contributed by atoms with Crippen LogP contribution in [0.2, 0.25) is 0 Å². The number of piperazine rings is 1. The Labute approximate surface area is 205 Å². The summed E-state index contributed by atoms with van der Waals surface area (Å²) in [5.41, 5.74) is 7.28. The van der Waals surface area contributed by atoms with Crippen molar-refractivity contribution in [2.75, 3.05) is 44.2 Å². The predicted molar refractivity (Wildman–Crippen MR) is 136 cm³/mol. The first-order valence-electron chi connectivity index (χ1n) is 10.6. The zero-order chi connectivity index (χ0) is 22.2. The van der Waals surface area contributed by atoms with Crippen LogP contribution in [0, 0.1) is 11.7 Å². The van der Waals surface area contributed by atoms with Crippen LogP contribution >= 0.6 is 24.0 Å². The molecular formula is C23H31FIN5O2. The molecule has 1 unspecified atom stereocenters. The number of nitrogens with two attached hydrogens (primary N) is 1. The molecule has 2 aromatic carbocycles. The minimum absolute atomic E-state index is 0. The van der Waals surface area contributed by atoms with Crippen molar-refractivity contribution in [3.63, 3.8) is 0 Å². The number of carbonyl (C=O) groups excluding carboxylic acids is 1. The fraction of sp³-hybridized carbons (Fsp3) is 0.391. The number of halogens is 2. The van der Waals surface area contributed by atoms with Gasteiger partial charge in [0, 0.05) is 32.7 Å². The van der Waals surface area contributed by atoms with Crippen LogP contribution in [0.4, 0.5) is 10.1 Å². The van der Waals surface area contributed by atoms with E-state index in [2.05, 4.69) is 20.1 Å². The van der Waals surface area contributed by atoms with Crippen LogP contribution in [0.15, 0.2) is 53.5 Å². The normalized spacial score (nSPS) is 15.1. The maximum Gasteiger partial charge on any atom is 0.222 e. The number of para-hydroxylation sites is 2. The fourth-order valence-corrected chi connectivity index (χ4v) is 3.67. The number of hydrogen-bond acceptors (Lipinski definition) is 4. The lowest BCUT2D eigenvalue weighted by molar-refractivity contribution is -0.121. The van der Waals surface area contributed by atoms with Gasteiger partial charge >= 0.3 is 0 Å². The summed E-state index contributed by atoms with van der Waals surface area (Å²) in [4.78, 5) is 20.9. The van der Waals surface area contributed by atoms with Gasteiger partial charge in [-0.05, 0) is 43.2 Å². The van der Waals surface area contributed by atoms with Crippen LogP contribution in [-0.2, 0) is 11.2 Å². The zero-order valence-electron chi connectivity index (χ0n) is 18.2. The largest absolute Gasteiger partial charge is 0.506 e. The number of phenols is 1. The second kappa shape index (κ2) is 12.5. The van der Waals surface area contributed by atoms with Crippen molar-refractivity contribution in [3.05, 3.63) is 59.9 Å². The monoisotopic (exact) mass is 555 g/mol. The highest BCUT2D eigenvalue weighted by atomic mass is 127. The number of aliphatic imine (C=N–C) groups is 1. The molecule has 0 bridgehead atoms. The lowest BCUT2D eigenvalue weighted by Gasteiger charge is -2.38. The van der Waals surface area contributed by atoms with E-state index < -0.39 is 11.8 Å². The van der Waals surface area contributed by atoms with Gasteiger partial charge in [0.1, 0.15) is 11.6 Å². The third-order valence-corrected chi connectivity index (χ3v) is 5.40. The molecule has 1 atom stereocenters. The summed E-state index contributed by atoms with van der Waals surface area (Å²) >= 11 is 0. The summed E-state index contributed by atoms with van der Waals surface area (Å²) in [6.07, 6.45) is 0.416. The molecule has 1 fully saturated rings. The highest BCUT2D eigenvalue weighted by Crippen LogP contribution is 2.27. The molecule has 0 aromatic heterocycles. The topological polar surface area (TPSA) is 94.2 Å². The van der Waals surface area contributed by atoms with Crippen molar-refractivity contribution in [2.45, 2.75) is 13.3 Å². The highest BCUT2D eigenvalue weighted by molar-refractivity contribution is 14.0. The summed E-state index contributed by atoms with van der Waals surface area (Å²) < 4.78 is 13.1. The molecule has 1 aliphatic heterocycles. The van der Waals surface area contributed by atoms with E-state index in [4.69, 9.17) is 5.73 Å². The number of rotatable bonds is 7. The minimum atomic E-state index is -0.471. The van der Waals surface area contributed by atoms with Crippen LogP contribution in [0.25, 0.3) is 0 Å². The second-order valence-corrected chi connectivity index (χ2v) is 7.59. The van der Waals surface area contributed by atoms with Gasteiger partial charge in [-0.1, -0.05) is 24.3 Å². The van der Waals surface area contributed by atoms with Crippen molar-refractivity contribution in [1.82, 2.24) is 10.2 Å². The molecule has 32 heavy (non-hydrogen) atoms. The number of nitrogens with one attached hydrogen (secondary N) is 1. The van der Waals surface area contributed by atoms with E-state index in [-0.39, 0.29) is 42.1 Å². The van der Waals surface area contributed by atoms with Crippen molar-refractivity contribution in [1.29, 1.82) is 0 Å². The minimum Gasteiger partial charge on any atom is -0.506 e. The summed E-state index contributed by atoms with van der Waals surface area (Å²) in [6.45, 7) is 5.93. The molecule has 1 heterocycles. The Kier molecular flexibility index (Phi) is 10.0. The first-order valence-corrected chi connectivity index (χ1v) is 10.6. The van der Waals surface area contributed by atoms with Gasteiger partial charge in [-0.25, -0.2) is 4.39 Å². The van der Waals surface area contributed by atoms with Crippen LogP contribution in [0.5, 0.6) is 5.75 Å². The van der Waals surface area contributed by atoms with Crippen molar-refractivity contribution in [2.24, 2.45) is 16.6 Å². The molecule has 1 amide bonds. The van der Waals surface area contributed by atoms with Crippen LogP contribution in [0.1, 0.15) is 12.5 Å². The molecule has 1 aliphatic rings. The highest BCUT2D eigenvalue weighted by Gasteiger charge is 2.22. The first-order chi connectivity index (χ1) is 15.0. The van der Waals surface area contributed by atoms with Gasteiger partial charge in [-0.3, -0.25) is 9.79 Å². The van der Waals surface area contributed by atoms with Crippen molar-refractivity contribution < 1.29 is 14.3 Å². The summed E-state index contributed by atoms with van der Waals surface area (Å²) in [5, 5.41) is 13.4. The Morgan fingerprint density at radius 1 is 1.16 bits per heavy atom. The Hall–Kier alpha value is -2.56. The number of guanidine groups is 1. The molecule has 2 aromatic rings. The smallest absolute Gasteiger partial charge is 0.222 e. The quantitative estimate of drug-likeness (QED) is 0.278. The number of carbonyl (C=O) groups is 1. The number of amides is 1. The number of benzene rings is 2. The van der Waals surface area contributed by atoms with Gasteiger partial charge in [-0.15, -0.1) is 24.0 Å². The van der Waals surface area contributed by atoms with Crippen LogP contribution < -0.4 is 16.0 Å². The van der Waals surface area contributed by atoms with Gasteiger partial charge in [0.05, 0.1) is 18.2 Å². The number of anilines is 1.